The van der Waals surface area contributed by atoms with E-state index in [1.807, 2.05) is 0 Å². The number of carbonyl (C=O) groups is 2. The van der Waals surface area contributed by atoms with Crippen LogP contribution in [0.4, 0.5) is 4.39 Å². The van der Waals surface area contributed by atoms with Gasteiger partial charge in [0.1, 0.15) is 16.7 Å². The molecule has 2 aliphatic heterocycles. The van der Waals surface area contributed by atoms with Crippen molar-refractivity contribution in [2.45, 2.75) is 31.7 Å². The Kier molecular flexibility index (Phi) is 6.62. The lowest BCUT2D eigenvalue weighted by Crippen LogP contribution is -2.49. The van der Waals surface area contributed by atoms with Crippen LogP contribution in [0.15, 0.2) is 29.2 Å². The van der Waals surface area contributed by atoms with Crippen molar-refractivity contribution in [1.82, 2.24) is 9.80 Å². The molecule has 2 amide bonds. The second-order valence-corrected chi connectivity index (χ2v) is 8.25. The number of thioether (sulfide) groups is 1. The first-order valence-corrected chi connectivity index (χ1v) is 10.1. The maximum absolute atomic E-state index is 13.3. The van der Waals surface area contributed by atoms with Crippen LogP contribution in [-0.4, -0.2) is 56.8 Å². The maximum Gasteiger partial charge on any atom is 0.266 e. The van der Waals surface area contributed by atoms with Crippen molar-refractivity contribution in [2.75, 3.05) is 19.7 Å². The number of likely N-dealkylation sites (tertiary alicyclic amines) is 1. The predicted octanol–water partition coefficient (Wildman–Crippen LogP) is 2.79. The molecule has 2 saturated heterocycles. The van der Waals surface area contributed by atoms with Gasteiger partial charge in [-0.3, -0.25) is 14.5 Å². The normalized spacial score (nSPS) is 22.0. The van der Waals surface area contributed by atoms with Gasteiger partial charge in [0.25, 0.3) is 5.91 Å². The van der Waals surface area contributed by atoms with Gasteiger partial charge in [-0.25, -0.2) is 4.39 Å². The highest BCUT2D eigenvalue weighted by molar-refractivity contribution is 8.26. The van der Waals surface area contributed by atoms with Crippen molar-refractivity contribution in [3.8, 4) is 0 Å². The van der Waals surface area contributed by atoms with Crippen LogP contribution in [0.1, 0.15) is 31.2 Å². The first-order chi connectivity index (χ1) is 13.0. The third-order valence-corrected chi connectivity index (χ3v) is 6.10. The van der Waals surface area contributed by atoms with Crippen LogP contribution in [0.3, 0.4) is 0 Å². The Morgan fingerprint density at radius 2 is 2.22 bits per heavy atom. The monoisotopic (exact) mass is 408 g/mol. The first kappa shape index (κ1) is 20.0. The first-order valence-electron chi connectivity index (χ1n) is 8.91. The number of thiocarbonyl (C=S) groups is 1. The Morgan fingerprint density at radius 3 is 2.96 bits per heavy atom. The number of nitrogens with zero attached hydrogens (tertiary/aromatic N) is 2. The standard InChI is InChI=1S/C19H21FN2O3S2/c20-14-5-3-4-13(10-14)11-16-18(25)22(19(26)27-16)12-17(24)21-8-2-1-6-15(21)7-9-23/h3-5,10-11,15,23H,1-2,6-9,12H2/b16-11-/t15-/m0/s1. The van der Waals surface area contributed by atoms with Gasteiger partial charge in [0.2, 0.25) is 5.91 Å². The van der Waals surface area contributed by atoms with E-state index in [9.17, 15) is 19.1 Å². The van der Waals surface area contributed by atoms with Gasteiger partial charge in [-0.15, -0.1) is 0 Å². The average Bonchev–Trinajstić information content (AvgIpc) is 2.90. The summed E-state index contributed by atoms with van der Waals surface area (Å²) in [6.45, 7) is 0.566. The highest BCUT2D eigenvalue weighted by Gasteiger charge is 2.36. The molecule has 1 N–H and O–H groups in total. The summed E-state index contributed by atoms with van der Waals surface area (Å²) in [5.74, 6) is -0.871. The zero-order valence-corrected chi connectivity index (χ0v) is 16.4. The highest BCUT2D eigenvalue weighted by atomic mass is 32.2. The van der Waals surface area contributed by atoms with E-state index >= 15 is 0 Å². The minimum Gasteiger partial charge on any atom is -0.396 e. The second-order valence-electron chi connectivity index (χ2n) is 6.57. The fraction of sp³-hybridized carbons (Fsp3) is 0.421. The summed E-state index contributed by atoms with van der Waals surface area (Å²) in [5, 5.41) is 9.22. The minimum absolute atomic E-state index is 0.0116. The number of rotatable bonds is 5. The smallest absolute Gasteiger partial charge is 0.266 e. The fourth-order valence-corrected chi connectivity index (χ4v) is 4.64. The molecular weight excluding hydrogens is 387 g/mol. The van der Waals surface area contributed by atoms with Crippen LogP contribution >= 0.6 is 24.0 Å². The Hall–Kier alpha value is -1.77. The van der Waals surface area contributed by atoms with Gasteiger partial charge in [-0.1, -0.05) is 36.1 Å². The molecule has 2 aliphatic rings. The molecule has 2 fully saturated rings. The van der Waals surface area contributed by atoms with Crippen molar-refractivity contribution in [3.63, 3.8) is 0 Å². The fourth-order valence-electron chi connectivity index (χ4n) is 3.39. The molecule has 1 aromatic carbocycles. The van der Waals surface area contributed by atoms with Gasteiger partial charge >= 0.3 is 0 Å². The number of aliphatic hydroxyl groups excluding tert-OH is 1. The lowest BCUT2D eigenvalue weighted by Gasteiger charge is -2.36. The van der Waals surface area contributed by atoms with E-state index in [4.69, 9.17) is 12.2 Å². The topological polar surface area (TPSA) is 60.9 Å². The van der Waals surface area contributed by atoms with Crippen LogP contribution in [0, 0.1) is 5.82 Å². The molecule has 27 heavy (non-hydrogen) atoms. The Labute approximate surface area is 167 Å². The molecule has 5 nitrogen and oxygen atoms in total. The molecular formula is C19H21FN2O3S2. The molecule has 0 aromatic heterocycles. The molecule has 1 atom stereocenters. The number of aliphatic hydroxyl groups is 1. The van der Waals surface area contributed by atoms with E-state index in [0.717, 1.165) is 31.0 Å². The molecule has 0 radical (unpaired) electrons. The van der Waals surface area contributed by atoms with E-state index in [1.165, 1.54) is 17.0 Å². The Bertz CT molecular complexity index is 782. The van der Waals surface area contributed by atoms with Crippen molar-refractivity contribution in [2.24, 2.45) is 0 Å². The lowest BCUT2D eigenvalue weighted by molar-refractivity contribution is -0.138. The predicted molar refractivity (Wildman–Crippen MR) is 107 cm³/mol. The molecule has 0 bridgehead atoms. The van der Waals surface area contributed by atoms with E-state index in [0.29, 0.717) is 27.8 Å². The Morgan fingerprint density at radius 1 is 1.41 bits per heavy atom. The van der Waals surface area contributed by atoms with Crippen molar-refractivity contribution >= 4 is 46.2 Å². The number of hydrogen-bond donors (Lipinski definition) is 1. The van der Waals surface area contributed by atoms with Crippen molar-refractivity contribution in [3.05, 3.63) is 40.6 Å². The Balaban J connectivity index is 1.70. The van der Waals surface area contributed by atoms with Gasteiger partial charge in [0.05, 0.1) is 4.91 Å². The number of halogens is 1. The van der Waals surface area contributed by atoms with E-state index in [1.54, 1.807) is 23.1 Å². The van der Waals surface area contributed by atoms with Crippen LogP contribution in [0.5, 0.6) is 0 Å². The second kappa shape index (κ2) is 8.95. The molecule has 3 rings (SSSR count). The van der Waals surface area contributed by atoms with Gasteiger partial charge in [0.15, 0.2) is 0 Å². The summed E-state index contributed by atoms with van der Waals surface area (Å²) in [5.41, 5.74) is 0.570. The van der Waals surface area contributed by atoms with Crippen LogP contribution in [-0.2, 0) is 9.59 Å². The van der Waals surface area contributed by atoms with E-state index in [-0.39, 0.29) is 36.8 Å². The summed E-state index contributed by atoms with van der Waals surface area (Å²) < 4.78 is 13.7. The van der Waals surface area contributed by atoms with Gasteiger partial charge in [-0.2, -0.15) is 0 Å². The average molecular weight is 409 g/mol. The number of hydrogen-bond acceptors (Lipinski definition) is 5. The zero-order chi connectivity index (χ0) is 19.4. The molecule has 0 aliphatic carbocycles. The number of benzene rings is 1. The minimum atomic E-state index is -0.380. The zero-order valence-electron chi connectivity index (χ0n) is 14.8. The maximum atomic E-state index is 13.3. The number of piperidine rings is 1. The number of carbonyl (C=O) groups excluding carboxylic acids is 2. The van der Waals surface area contributed by atoms with Crippen molar-refractivity contribution < 1.29 is 19.1 Å². The van der Waals surface area contributed by atoms with Crippen molar-refractivity contribution in [1.29, 1.82) is 0 Å². The summed E-state index contributed by atoms with van der Waals surface area (Å²) in [6, 6.07) is 5.96. The third kappa shape index (κ3) is 4.75. The van der Waals surface area contributed by atoms with Crippen LogP contribution < -0.4 is 0 Å². The summed E-state index contributed by atoms with van der Waals surface area (Å²) in [7, 11) is 0. The van der Waals surface area contributed by atoms with Gasteiger partial charge in [0, 0.05) is 19.2 Å². The third-order valence-electron chi connectivity index (χ3n) is 4.72. The number of amides is 2. The highest BCUT2D eigenvalue weighted by Crippen LogP contribution is 2.33. The van der Waals surface area contributed by atoms with Crippen LogP contribution in [0.25, 0.3) is 6.08 Å². The molecule has 2 heterocycles. The van der Waals surface area contributed by atoms with Gasteiger partial charge in [-0.05, 0) is 49.5 Å². The molecule has 8 heteroatoms. The molecule has 0 spiro atoms. The summed E-state index contributed by atoms with van der Waals surface area (Å²) in [6.07, 6.45) is 4.95. The van der Waals surface area contributed by atoms with E-state index in [2.05, 4.69) is 0 Å². The van der Waals surface area contributed by atoms with Gasteiger partial charge < -0.3 is 10.0 Å². The SMILES string of the molecule is O=C1/C(=C/c2cccc(F)c2)SC(=S)N1CC(=O)N1CCCC[C@H]1CCO. The van der Waals surface area contributed by atoms with Crippen LogP contribution in [0.2, 0.25) is 0 Å². The van der Waals surface area contributed by atoms with E-state index < -0.39 is 0 Å². The summed E-state index contributed by atoms with van der Waals surface area (Å²) in [4.78, 5) is 28.9. The molecule has 144 valence electrons. The summed E-state index contributed by atoms with van der Waals surface area (Å²) >= 11 is 6.40. The molecule has 1 aromatic rings. The molecule has 0 saturated carbocycles. The largest absolute Gasteiger partial charge is 0.396 e. The quantitative estimate of drug-likeness (QED) is 0.600. The molecule has 0 unspecified atom stereocenters. The lowest BCUT2D eigenvalue weighted by atomic mass is 9.99.